The van der Waals surface area contributed by atoms with E-state index in [1.807, 2.05) is 0 Å². The number of rotatable bonds is 7. The topological polar surface area (TPSA) is 8.17 Å². The second-order valence-electron chi connectivity index (χ2n) is 14.9. The normalized spacial score (nSPS) is 11.4. The van der Waals surface area contributed by atoms with Gasteiger partial charge in [0, 0.05) is 38.8 Å². The third-order valence-electron chi connectivity index (χ3n) is 11.5. The largest absolute Gasteiger partial charge is 0.310 e. The van der Waals surface area contributed by atoms with Crippen molar-refractivity contribution in [3.8, 4) is 39.1 Å². The molecule has 2 nitrogen and oxygen atoms in total. The Hall–Kier alpha value is -7.68. The van der Waals surface area contributed by atoms with E-state index in [-0.39, 0.29) is 0 Å². The summed E-state index contributed by atoms with van der Waals surface area (Å²) in [7, 11) is 0. The molecule has 58 heavy (non-hydrogen) atoms. The van der Waals surface area contributed by atoms with E-state index in [9.17, 15) is 0 Å². The zero-order chi connectivity index (χ0) is 38.4. The quantitative estimate of drug-likeness (QED) is 0.158. The Labute approximate surface area is 338 Å². The zero-order valence-corrected chi connectivity index (χ0v) is 31.8. The van der Waals surface area contributed by atoms with Crippen LogP contribution in [0.3, 0.4) is 0 Å². The van der Waals surface area contributed by atoms with E-state index < -0.39 is 0 Å². The van der Waals surface area contributed by atoms with Crippen LogP contribution in [0.25, 0.3) is 82.4 Å². The van der Waals surface area contributed by atoms with E-state index in [1.165, 1.54) is 76.7 Å². The lowest BCUT2D eigenvalue weighted by Crippen LogP contribution is -2.11. The van der Waals surface area contributed by atoms with Gasteiger partial charge in [-0.05, 0) is 105 Å². The third kappa shape index (κ3) is 5.74. The minimum absolute atomic E-state index is 1.09. The zero-order valence-electron chi connectivity index (χ0n) is 31.8. The van der Waals surface area contributed by atoms with Gasteiger partial charge in [0.05, 0.1) is 16.7 Å². The minimum Gasteiger partial charge on any atom is -0.310 e. The van der Waals surface area contributed by atoms with Crippen LogP contribution < -0.4 is 4.90 Å². The van der Waals surface area contributed by atoms with Gasteiger partial charge in [-0.3, -0.25) is 0 Å². The fourth-order valence-electron chi connectivity index (χ4n) is 8.85. The molecular formula is C56H38N2. The number of hydrogen-bond donors (Lipinski definition) is 0. The van der Waals surface area contributed by atoms with Gasteiger partial charge in [-0.15, -0.1) is 0 Å². The first-order valence-corrected chi connectivity index (χ1v) is 19.9. The highest BCUT2D eigenvalue weighted by Gasteiger charge is 2.22. The standard InChI is InChI=1S/C56H38N2/c1-3-17-41(18-4-1)49-25-11-13-28-53(49)57(47-34-32-40(33-35-47)43-31-30-39-16-7-8-19-42(39)36-43)48-24-15-21-44(37-48)52-38-45-20-9-10-26-50(45)56-55(52)51-27-12-14-29-54(51)58(56)46-22-5-2-6-23-46/h1-38H. The van der Waals surface area contributed by atoms with Gasteiger partial charge in [0.15, 0.2) is 0 Å². The van der Waals surface area contributed by atoms with Crippen LogP contribution in [-0.2, 0) is 0 Å². The smallest absolute Gasteiger partial charge is 0.0625 e. The molecule has 1 heterocycles. The van der Waals surface area contributed by atoms with E-state index in [0.717, 1.165) is 22.7 Å². The molecule has 11 aromatic rings. The van der Waals surface area contributed by atoms with Crippen molar-refractivity contribution in [1.29, 1.82) is 0 Å². The Balaban J connectivity index is 1.13. The average molecular weight is 739 g/mol. The number of para-hydroxylation sites is 3. The highest BCUT2D eigenvalue weighted by atomic mass is 15.1. The van der Waals surface area contributed by atoms with Crippen molar-refractivity contribution in [2.45, 2.75) is 0 Å². The summed E-state index contributed by atoms with van der Waals surface area (Å²) in [5.41, 5.74) is 14.0. The first kappa shape index (κ1) is 33.6. The predicted octanol–water partition coefficient (Wildman–Crippen LogP) is 15.6. The van der Waals surface area contributed by atoms with E-state index >= 15 is 0 Å². The minimum atomic E-state index is 1.09. The van der Waals surface area contributed by atoms with Crippen LogP contribution in [0.5, 0.6) is 0 Å². The lowest BCUT2D eigenvalue weighted by atomic mass is 9.94. The van der Waals surface area contributed by atoms with E-state index in [0.29, 0.717) is 0 Å². The van der Waals surface area contributed by atoms with E-state index in [4.69, 9.17) is 0 Å². The Morgan fingerprint density at radius 3 is 1.79 bits per heavy atom. The monoisotopic (exact) mass is 738 g/mol. The van der Waals surface area contributed by atoms with Crippen molar-refractivity contribution in [2.24, 2.45) is 0 Å². The van der Waals surface area contributed by atoms with Gasteiger partial charge in [0.1, 0.15) is 0 Å². The number of benzene rings is 10. The Morgan fingerprint density at radius 2 is 0.966 bits per heavy atom. The molecule has 0 saturated heterocycles. The summed E-state index contributed by atoms with van der Waals surface area (Å²) in [5.74, 6) is 0. The van der Waals surface area contributed by atoms with Crippen LogP contribution in [-0.4, -0.2) is 4.57 Å². The molecule has 0 aliphatic heterocycles. The van der Waals surface area contributed by atoms with Crippen LogP contribution in [0.2, 0.25) is 0 Å². The summed E-state index contributed by atoms with van der Waals surface area (Å²) in [6, 6.07) is 83.7. The molecule has 0 fully saturated rings. The SMILES string of the molecule is c1ccc(-c2ccccc2N(c2ccc(-c3ccc4ccccc4c3)cc2)c2cccc(-c3cc4ccccc4c4c3c3ccccc3n4-c3ccccc3)c2)cc1. The van der Waals surface area contributed by atoms with E-state index in [1.54, 1.807) is 0 Å². The van der Waals surface area contributed by atoms with Crippen LogP contribution in [0.1, 0.15) is 0 Å². The summed E-state index contributed by atoms with van der Waals surface area (Å²) in [4.78, 5) is 2.42. The number of hydrogen-bond acceptors (Lipinski definition) is 1. The molecule has 11 rings (SSSR count). The number of anilines is 3. The molecular weight excluding hydrogens is 701 g/mol. The fourth-order valence-corrected chi connectivity index (χ4v) is 8.85. The van der Waals surface area contributed by atoms with Crippen molar-refractivity contribution >= 4 is 60.4 Å². The number of fused-ring (bicyclic) bond motifs is 6. The molecule has 2 heteroatoms. The van der Waals surface area contributed by atoms with Crippen molar-refractivity contribution in [3.05, 3.63) is 231 Å². The van der Waals surface area contributed by atoms with Crippen molar-refractivity contribution in [1.82, 2.24) is 4.57 Å². The summed E-state index contributed by atoms with van der Waals surface area (Å²) in [6.07, 6.45) is 0. The van der Waals surface area contributed by atoms with E-state index in [2.05, 4.69) is 240 Å². The highest BCUT2D eigenvalue weighted by molar-refractivity contribution is 6.24. The molecule has 0 saturated carbocycles. The molecule has 0 spiro atoms. The molecule has 0 amide bonds. The highest BCUT2D eigenvalue weighted by Crippen LogP contribution is 2.46. The lowest BCUT2D eigenvalue weighted by molar-refractivity contribution is 1.19. The Kier molecular flexibility index (Phi) is 8.19. The molecule has 272 valence electrons. The molecule has 0 bridgehead atoms. The maximum atomic E-state index is 2.44. The van der Waals surface area contributed by atoms with Gasteiger partial charge in [0.25, 0.3) is 0 Å². The van der Waals surface area contributed by atoms with Gasteiger partial charge < -0.3 is 9.47 Å². The summed E-state index contributed by atoms with van der Waals surface area (Å²) in [6.45, 7) is 0. The molecule has 0 aliphatic carbocycles. The van der Waals surface area contributed by atoms with Gasteiger partial charge in [-0.25, -0.2) is 0 Å². The van der Waals surface area contributed by atoms with Crippen LogP contribution >= 0.6 is 0 Å². The first-order valence-electron chi connectivity index (χ1n) is 19.9. The van der Waals surface area contributed by atoms with Crippen molar-refractivity contribution in [3.63, 3.8) is 0 Å². The van der Waals surface area contributed by atoms with Crippen LogP contribution in [0, 0.1) is 0 Å². The second-order valence-corrected chi connectivity index (χ2v) is 14.9. The van der Waals surface area contributed by atoms with Gasteiger partial charge in [-0.2, -0.15) is 0 Å². The van der Waals surface area contributed by atoms with Crippen molar-refractivity contribution < 1.29 is 0 Å². The lowest BCUT2D eigenvalue weighted by Gasteiger charge is -2.28. The third-order valence-corrected chi connectivity index (χ3v) is 11.5. The molecule has 10 aromatic carbocycles. The fraction of sp³-hybridized carbons (Fsp3) is 0. The molecule has 1 aromatic heterocycles. The maximum Gasteiger partial charge on any atom is 0.0625 e. The van der Waals surface area contributed by atoms with Gasteiger partial charge >= 0.3 is 0 Å². The molecule has 0 aliphatic rings. The summed E-state index contributed by atoms with van der Waals surface area (Å²) >= 11 is 0. The predicted molar refractivity (Wildman–Crippen MR) is 247 cm³/mol. The summed E-state index contributed by atoms with van der Waals surface area (Å²) < 4.78 is 2.44. The first-order chi connectivity index (χ1) is 28.8. The van der Waals surface area contributed by atoms with Gasteiger partial charge in [0.2, 0.25) is 0 Å². The maximum absolute atomic E-state index is 2.44. The number of aromatic nitrogens is 1. The molecule has 0 N–H and O–H groups in total. The Bertz CT molecular complexity index is 3270. The van der Waals surface area contributed by atoms with Crippen molar-refractivity contribution in [2.75, 3.05) is 4.90 Å². The molecule has 0 atom stereocenters. The Morgan fingerprint density at radius 1 is 0.328 bits per heavy atom. The second kappa shape index (κ2) is 14.1. The molecule has 0 unspecified atom stereocenters. The molecule has 0 radical (unpaired) electrons. The van der Waals surface area contributed by atoms with Crippen LogP contribution in [0.4, 0.5) is 17.1 Å². The number of nitrogens with zero attached hydrogens (tertiary/aromatic N) is 2. The average Bonchev–Trinajstić information content (AvgIpc) is 3.65. The summed E-state index contributed by atoms with van der Waals surface area (Å²) in [5, 5.41) is 7.44. The van der Waals surface area contributed by atoms with Crippen LogP contribution in [0.15, 0.2) is 231 Å². The van der Waals surface area contributed by atoms with Gasteiger partial charge in [-0.1, -0.05) is 170 Å².